The molecular formula is C15H29NO. The summed E-state index contributed by atoms with van der Waals surface area (Å²) in [6.07, 6.45) is 11.5. The fourth-order valence-corrected chi connectivity index (χ4v) is 3.29. The largest absolute Gasteiger partial charge is 0.378 e. The highest BCUT2D eigenvalue weighted by molar-refractivity contribution is 4.74. The van der Waals surface area contributed by atoms with Crippen molar-refractivity contribution in [1.29, 1.82) is 0 Å². The molecule has 2 rings (SSSR count). The molecule has 0 aromatic heterocycles. The van der Waals surface area contributed by atoms with Crippen LogP contribution in [0.3, 0.4) is 0 Å². The van der Waals surface area contributed by atoms with Gasteiger partial charge in [0.2, 0.25) is 0 Å². The van der Waals surface area contributed by atoms with Crippen molar-refractivity contribution in [2.24, 2.45) is 11.8 Å². The van der Waals surface area contributed by atoms with Crippen LogP contribution in [0.15, 0.2) is 0 Å². The molecule has 0 aromatic rings. The van der Waals surface area contributed by atoms with Crippen LogP contribution < -0.4 is 5.32 Å². The summed E-state index contributed by atoms with van der Waals surface area (Å²) in [6, 6.07) is 0. The van der Waals surface area contributed by atoms with Gasteiger partial charge in [0.15, 0.2) is 0 Å². The van der Waals surface area contributed by atoms with Gasteiger partial charge in [0, 0.05) is 6.61 Å². The minimum Gasteiger partial charge on any atom is -0.378 e. The van der Waals surface area contributed by atoms with Gasteiger partial charge in [-0.05, 0) is 57.0 Å². The van der Waals surface area contributed by atoms with Crippen LogP contribution in [-0.4, -0.2) is 25.8 Å². The molecular weight excluding hydrogens is 210 g/mol. The van der Waals surface area contributed by atoms with Crippen molar-refractivity contribution >= 4 is 0 Å². The lowest BCUT2D eigenvalue weighted by Gasteiger charge is -2.28. The van der Waals surface area contributed by atoms with E-state index >= 15 is 0 Å². The Morgan fingerprint density at radius 1 is 1.06 bits per heavy atom. The molecule has 100 valence electrons. The average molecular weight is 239 g/mol. The van der Waals surface area contributed by atoms with Crippen LogP contribution >= 0.6 is 0 Å². The zero-order valence-electron chi connectivity index (χ0n) is 11.4. The van der Waals surface area contributed by atoms with Gasteiger partial charge in [0.25, 0.3) is 0 Å². The average Bonchev–Trinajstić information content (AvgIpc) is 2.88. The Morgan fingerprint density at radius 3 is 2.47 bits per heavy atom. The van der Waals surface area contributed by atoms with E-state index in [2.05, 4.69) is 12.2 Å². The fourth-order valence-electron chi connectivity index (χ4n) is 3.29. The molecule has 1 aliphatic carbocycles. The highest BCUT2D eigenvalue weighted by atomic mass is 16.5. The number of rotatable bonds is 6. The molecule has 1 heterocycles. The zero-order chi connectivity index (χ0) is 11.9. The molecule has 2 fully saturated rings. The smallest absolute Gasteiger partial charge is 0.0588 e. The van der Waals surface area contributed by atoms with Crippen molar-refractivity contribution < 1.29 is 4.74 Å². The fraction of sp³-hybridized carbons (Fsp3) is 1.00. The maximum absolute atomic E-state index is 5.63. The summed E-state index contributed by atoms with van der Waals surface area (Å²) < 4.78 is 5.63. The summed E-state index contributed by atoms with van der Waals surface area (Å²) in [5, 5.41) is 3.63. The van der Waals surface area contributed by atoms with Gasteiger partial charge in [0.05, 0.1) is 6.10 Å². The molecule has 2 heteroatoms. The first-order valence-corrected chi connectivity index (χ1v) is 7.70. The second-order valence-electron chi connectivity index (χ2n) is 5.92. The van der Waals surface area contributed by atoms with Crippen LogP contribution in [0.1, 0.15) is 58.3 Å². The van der Waals surface area contributed by atoms with Crippen molar-refractivity contribution in [2.75, 3.05) is 19.7 Å². The van der Waals surface area contributed by atoms with E-state index in [4.69, 9.17) is 4.74 Å². The first-order valence-electron chi connectivity index (χ1n) is 7.70. The number of ether oxygens (including phenoxy) is 1. The van der Waals surface area contributed by atoms with Gasteiger partial charge in [0.1, 0.15) is 0 Å². The molecule has 2 nitrogen and oxygen atoms in total. The molecule has 17 heavy (non-hydrogen) atoms. The molecule has 0 amide bonds. The number of hydrogen-bond acceptors (Lipinski definition) is 2. The Balaban J connectivity index is 1.48. The van der Waals surface area contributed by atoms with Gasteiger partial charge in [-0.1, -0.05) is 26.2 Å². The summed E-state index contributed by atoms with van der Waals surface area (Å²) >= 11 is 0. The van der Waals surface area contributed by atoms with E-state index in [1.807, 2.05) is 0 Å². The van der Waals surface area contributed by atoms with Gasteiger partial charge in [-0.15, -0.1) is 0 Å². The lowest BCUT2D eigenvalue weighted by atomic mass is 9.81. The monoisotopic (exact) mass is 239 g/mol. The van der Waals surface area contributed by atoms with Gasteiger partial charge < -0.3 is 10.1 Å². The van der Waals surface area contributed by atoms with E-state index in [0.29, 0.717) is 6.10 Å². The third kappa shape index (κ3) is 4.59. The van der Waals surface area contributed by atoms with Crippen LogP contribution in [0.25, 0.3) is 0 Å². The van der Waals surface area contributed by atoms with Crippen molar-refractivity contribution in [1.82, 2.24) is 5.32 Å². The maximum Gasteiger partial charge on any atom is 0.0588 e. The van der Waals surface area contributed by atoms with E-state index in [0.717, 1.165) is 25.0 Å². The van der Waals surface area contributed by atoms with Crippen molar-refractivity contribution in [3.05, 3.63) is 0 Å². The number of hydrogen-bond donors (Lipinski definition) is 1. The minimum atomic E-state index is 0.554. The van der Waals surface area contributed by atoms with Crippen molar-refractivity contribution in [3.63, 3.8) is 0 Å². The molecule has 1 N–H and O–H groups in total. The predicted octanol–water partition coefficient (Wildman–Crippen LogP) is 3.36. The summed E-state index contributed by atoms with van der Waals surface area (Å²) in [6.45, 7) is 5.72. The molecule has 1 aliphatic heterocycles. The summed E-state index contributed by atoms with van der Waals surface area (Å²) in [4.78, 5) is 0. The van der Waals surface area contributed by atoms with Crippen molar-refractivity contribution in [3.8, 4) is 0 Å². The molecule has 0 aromatic carbocycles. The van der Waals surface area contributed by atoms with Crippen LogP contribution in [0.5, 0.6) is 0 Å². The predicted molar refractivity (Wildman–Crippen MR) is 72.2 cm³/mol. The SMILES string of the molecule is CCC1CCC(CNCCC2CCCO2)CC1. The van der Waals surface area contributed by atoms with Gasteiger partial charge >= 0.3 is 0 Å². The van der Waals surface area contributed by atoms with Crippen LogP contribution in [-0.2, 0) is 4.74 Å². The second kappa shape index (κ2) is 7.38. The highest BCUT2D eigenvalue weighted by Crippen LogP contribution is 2.30. The maximum atomic E-state index is 5.63. The quantitative estimate of drug-likeness (QED) is 0.718. The Labute approximate surface area is 107 Å². The lowest BCUT2D eigenvalue weighted by Crippen LogP contribution is -2.28. The first kappa shape index (κ1) is 13.4. The Kier molecular flexibility index (Phi) is 5.79. The molecule has 0 radical (unpaired) electrons. The third-order valence-electron chi connectivity index (χ3n) is 4.64. The molecule has 1 unspecified atom stereocenters. The molecule has 1 atom stereocenters. The minimum absolute atomic E-state index is 0.554. The summed E-state index contributed by atoms with van der Waals surface area (Å²) in [7, 11) is 0. The van der Waals surface area contributed by atoms with E-state index in [-0.39, 0.29) is 0 Å². The Hall–Kier alpha value is -0.0800. The lowest BCUT2D eigenvalue weighted by molar-refractivity contribution is 0.103. The van der Waals surface area contributed by atoms with Crippen LogP contribution in [0.2, 0.25) is 0 Å². The highest BCUT2D eigenvalue weighted by Gasteiger charge is 2.20. The van der Waals surface area contributed by atoms with Gasteiger partial charge in [-0.2, -0.15) is 0 Å². The van der Waals surface area contributed by atoms with Crippen molar-refractivity contribution in [2.45, 2.75) is 64.4 Å². The van der Waals surface area contributed by atoms with E-state index in [1.165, 1.54) is 57.9 Å². The van der Waals surface area contributed by atoms with Gasteiger partial charge in [-0.3, -0.25) is 0 Å². The van der Waals surface area contributed by atoms with Crippen LogP contribution in [0.4, 0.5) is 0 Å². The summed E-state index contributed by atoms with van der Waals surface area (Å²) in [5.74, 6) is 1.97. The normalized spacial score (nSPS) is 34.1. The van der Waals surface area contributed by atoms with E-state index in [9.17, 15) is 0 Å². The Bertz CT molecular complexity index is 193. The third-order valence-corrected chi connectivity index (χ3v) is 4.64. The molecule has 1 saturated carbocycles. The summed E-state index contributed by atoms with van der Waals surface area (Å²) in [5.41, 5.74) is 0. The Morgan fingerprint density at radius 2 is 1.82 bits per heavy atom. The second-order valence-corrected chi connectivity index (χ2v) is 5.92. The van der Waals surface area contributed by atoms with Gasteiger partial charge in [-0.25, -0.2) is 0 Å². The molecule has 0 bridgehead atoms. The zero-order valence-corrected chi connectivity index (χ0v) is 11.4. The van der Waals surface area contributed by atoms with E-state index < -0.39 is 0 Å². The standard InChI is InChI=1S/C15H29NO/c1-2-13-5-7-14(8-6-13)12-16-10-9-15-4-3-11-17-15/h13-16H,2-12H2,1H3. The molecule has 2 aliphatic rings. The molecule has 0 spiro atoms. The first-order chi connectivity index (χ1) is 8.38. The van der Waals surface area contributed by atoms with Crippen LogP contribution in [0, 0.1) is 11.8 Å². The molecule has 1 saturated heterocycles. The topological polar surface area (TPSA) is 21.3 Å². The van der Waals surface area contributed by atoms with E-state index in [1.54, 1.807) is 0 Å². The number of nitrogens with one attached hydrogen (secondary N) is 1.